The second kappa shape index (κ2) is 5.76. The normalized spacial score (nSPS) is 17.3. The van der Waals surface area contributed by atoms with Gasteiger partial charge in [-0.1, -0.05) is 12.8 Å². The Morgan fingerprint density at radius 1 is 1.29 bits per heavy atom. The zero-order chi connectivity index (χ0) is 14.8. The molecule has 0 saturated heterocycles. The van der Waals surface area contributed by atoms with Crippen LogP contribution in [0.4, 0.5) is 0 Å². The lowest BCUT2D eigenvalue weighted by Gasteiger charge is -2.27. The summed E-state index contributed by atoms with van der Waals surface area (Å²) in [4.78, 5) is 25.3. The molecule has 1 aliphatic heterocycles. The van der Waals surface area contributed by atoms with E-state index in [1.165, 1.54) is 4.90 Å². The first kappa shape index (κ1) is 13.9. The van der Waals surface area contributed by atoms with E-state index in [0.29, 0.717) is 12.2 Å². The maximum absolute atomic E-state index is 12.7. The van der Waals surface area contributed by atoms with E-state index in [1.54, 1.807) is 6.07 Å². The van der Waals surface area contributed by atoms with Crippen LogP contribution in [-0.4, -0.2) is 41.1 Å². The van der Waals surface area contributed by atoms with Crippen LogP contribution in [0.3, 0.4) is 0 Å². The highest BCUT2D eigenvalue weighted by Crippen LogP contribution is 2.28. The van der Waals surface area contributed by atoms with E-state index in [9.17, 15) is 9.59 Å². The highest BCUT2D eigenvalue weighted by atomic mass is 16.5. The highest BCUT2D eigenvalue weighted by Gasteiger charge is 2.29. The number of carbonyl (C=O) groups is 2. The van der Waals surface area contributed by atoms with Crippen LogP contribution in [0, 0.1) is 0 Å². The van der Waals surface area contributed by atoms with Crippen LogP contribution in [0.1, 0.15) is 41.6 Å². The van der Waals surface area contributed by atoms with Crippen molar-refractivity contribution in [2.24, 2.45) is 0 Å². The number of hydrogen-bond donors (Lipinski definition) is 1. The van der Waals surface area contributed by atoms with Crippen molar-refractivity contribution in [2.75, 3.05) is 13.2 Å². The number of carboxylic acids is 1. The second-order valence-corrected chi connectivity index (χ2v) is 5.69. The van der Waals surface area contributed by atoms with Crippen molar-refractivity contribution in [1.29, 1.82) is 0 Å². The predicted octanol–water partition coefficient (Wildman–Crippen LogP) is 2.09. The first-order chi connectivity index (χ1) is 10.1. The van der Waals surface area contributed by atoms with Crippen LogP contribution in [0.15, 0.2) is 18.2 Å². The van der Waals surface area contributed by atoms with E-state index in [0.717, 1.165) is 43.4 Å². The third kappa shape index (κ3) is 2.86. The number of carboxylic acid groups (broad SMARTS) is 1. The van der Waals surface area contributed by atoms with E-state index >= 15 is 0 Å². The predicted molar refractivity (Wildman–Crippen MR) is 76.6 cm³/mol. The highest BCUT2D eigenvalue weighted by molar-refractivity contribution is 5.96. The minimum atomic E-state index is -0.959. The molecule has 3 rings (SSSR count). The molecule has 0 aromatic heterocycles. The van der Waals surface area contributed by atoms with Gasteiger partial charge < -0.3 is 14.7 Å². The van der Waals surface area contributed by atoms with Gasteiger partial charge in [0.15, 0.2) is 0 Å². The Hall–Kier alpha value is -2.04. The van der Waals surface area contributed by atoms with Gasteiger partial charge in [0.05, 0.1) is 6.61 Å². The number of ether oxygens (including phenoxy) is 1. The number of rotatable bonds is 4. The van der Waals surface area contributed by atoms with E-state index < -0.39 is 5.97 Å². The summed E-state index contributed by atoms with van der Waals surface area (Å²) in [6.07, 6.45) is 4.72. The van der Waals surface area contributed by atoms with Gasteiger partial charge in [-0.3, -0.25) is 9.59 Å². The van der Waals surface area contributed by atoms with Gasteiger partial charge >= 0.3 is 5.97 Å². The van der Waals surface area contributed by atoms with Gasteiger partial charge in [-0.2, -0.15) is 0 Å². The number of carbonyl (C=O) groups excluding carboxylic acids is 1. The van der Waals surface area contributed by atoms with Gasteiger partial charge in [0, 0.05) is 18.0 Å². The summed E-state index contributed by atoms with van der Waals surface area (Å²) in [6, 6.07) is 5.44. The standard InChI is InChI=1S/C16H19NO4/c18-15(19)10-17(13-3-1-2-4-13)16(20)12-5-6-14-11(9-12)7-8-21-14/h5-6,9,13H,1-4,7-8,10H2,(H,18,19). The molecule has 1 heterocycles. The van der Waals surface area contributed by atoms with E-state index in [1.807, 2.05) is 12.1 Å². The number of hydrogen-bond acceptors (Lipinski definition) is 3. The second-order valence-electron chi connectivity index (χ2n) is 5.69. The lowest BCUT2D eigenvalue weighted by molar-refractivity contribution is -0.138. The first-order valence-corrected chi connectivity index (χ1v) is 7.43. The van der Waals surface area contributed by atoms with Crippen molar-refractivity contribution in [1.82, 2.24) is 4.90 Å². The topological polar surface area (TPSA) is 66.8 Å². The molecule has 1 amide bonds. The van der Waals surface area contributed by atoms with Gasteiger partial charge in [0.25, 0.3) is 5.91 Å². The van der Waals surface area contributed by atoms with Gasteiger partial charge in [-0.25, -0.2) is 0 Å². The number of fused-ring (bicyclic) bond motifs is 1. The molecule has 1 N–H and O–H groups in total. The molecule has 2 aliphatic rings. The average molecular weight is 289 g/mol. The van der Waals surface area contributed by atoms with Crippen LogP contribution in [0.25, 0.3) is 0 Å². The molecule has 0 unspecified atom stereocenters. The van der Waals surface area contributed by atoms with Crippen LogP contribution >= 0.6 is 0 Å². The fourth-order valence-corrected chi connectivity index (χ4v) is 3.21. The number of amides is 1. The summed E-state index contributed by atoms with van der Waals surface area (Å²) in [6.45, 7) is 0.422. The fourth-order valence-electron chi connectivity index (χ4n) is 3.21. The molecular weight excluding hydrogens is 270 g/mol. The molecule has 1 fully saturated rings. The summed E-state index contributed by atoms with van der Waals surface area (Å²) >= 11 is 0. The molecule has 5 heteroatoms. The van der Waals surface area contributed by atoms with E-state index in [4.69, 9.17) is 9.84 Å². The Morgan fingerprint density at radius 3 is 2.76 bits per heavy atom. The van der Waals surface area contributed by atoms with Gasteiger partial charge in [-0.15, -0.1) is 0 Å². The van der Waals surface area contributed by atoms with Gasteiger partial charge in [0.1, 0.15) is 12.3 Å². The zero-order valence-corrected chi connectivity index (χ0v) is 11.9. The van der Waals surface area contributed by atoms with Crippen LogP contribution in [-0.2, 0) is 11.2 Å². The zero-order valence-electron chi connectivity index (χ0n) is 11.9. The minimum Gasteiger partial charge on any atom is -0.493 e. The molecule has 5 nitrogen and oxygen atoms in total. The van der Waals surface area contributed by atoms with Crippen molar-refractivity contribution < 1.29 is 19.4 Å². The Morgan fingerprint density at radius 2 is 2.05 bits per heavy atom. The lowest BCUT2D eigenvalue weighted by atomic mass is 10.1. The van der Waals surface area contributed by atoms with Gasteiger partial charge in [0.2, 0.25) is 0 Å². The smallest absolute Gasteiger partial charge is 0.323 e. The summed E-state index contributed by atoms with van der Waals surface area (Å²) in [5.74, 6) is -0.309. The SMILES string of the molecule is O=C(O)CN(C(=O)c1ccc2c(c1)CCO2)C1CCCC1. The Labute approximate surface area is 123 Å². The van der Waals surface area contributed by atoms with E-state index in [-0.39, 0.29) is 18.5 Å². The molecular formula is C16H19NO4. The molecule has 1 aromatic rings. The average Bonchev–Trinajstić information content (AvgIpc) is 3.13. The molecule has 0 atom stereocenters. The van der Waals surface area contributed by atoms with Crippen LogP contribution < -0.4 is 4.74 Å². The largest absolute Gasteiger partial charge is 0.493 e. The molecule has 0 radical (unpaired) electrons. The third-order valence-corrected chi connectivity index (χ3v) is 4.27. The minimum absolute atomic E-state index is 0.0538. The number of benzene rings is 1. The van der Waals surface area contributed by atoms with Gasteiger partial charge in [-0.05, 0) is 36.6 Å². The van der Waals surface area contributed by atoms with Crippen LogP contribution in [0.2, 0.25) is 0 Å². The molecule has 0 spiro atoms. The summed E-state index contributed by atoms with van der Waals surface area (Å²) < 4.78 is 5.44. The Kier molecular flexibility index (Phi) is 3.82. The molecule has 1 aromatic carbocycles. The number of aliphatic carboxylic acids is 1. The molecule has 112 valence electrons. The monoisotopic (exact) mass is 289 g/mol. The van der Waals surface area contributed by atoms with Crippen molar-refractivity contribution in [2.45, 2.75) is 38.1 Å². The quantitative estimate of drug-likeness (QED) is 0.921. The molecule has 1 saturated carbocycles. The molecule has 1 aliphatic carbocycles. The fraction of sp³-hybridized carbons (Fsp3) is 0.500. The lowest BCUT2D eigenvalue weighted by Crippen LogP contribution is -2.42. The third-order valence-electron chi connectivity index (χ3n) is 4.27. The summed E-state index contributed by atoms with van der Waals surface area (Å²) in [7, 11) is 0. The van der Waals surface area contributed by atoms with E-state index in [2.05, 4.69) is 0 Å². The van der Waals surface area contributed by atoms with Crippen molar-refractivity contribution in [3.8, 4) is 5.75 Å². The Balaban J connectivity index is 1.84. The first-order valence-electron chi connectivity index (χ1n) is 7.43. The molecule has 0 bridgehead atoms. The molecule has 21 heavy (non-hydrogen) atoms. The maximum Gasteiger partial charge on any atom is 0.323 e. The van der Waals surface area contributed by atoms with Crippen molar-refractivity contribution in [3.05, 3.63) is 29.3 Å². The number of nitrogens with zero attached hydrogens (tertiary/aromatic N) is 1. The maximum atomic E-state index is 12.7. The Bertz CT molecular complexity index is 563. The van der Waals surface area contributed by atoms with Crippen molar-refractivity contribution in [3.63, 3.8) is 0 Å². The summed E-state index contributed by atoms with van der Waals surface area (Å²) in [5.41, 5.74) is 1.59. The van der Waals surface area contributed by atoms with Crippen molar-refractivity contribution >= 4 is 11.9 Å². The summed E-state index contributed by atoms with van der Waals surface area (Å²) in [5, 5.41) is 9.08. The van der Waals surface area contributed by atoms with Crippen LogP contribution in [0.5, 0.6) is 5.75 Å².